The molecular formula is C34H70B2Cl2K2N8O. The van der Waals surface area contributed by atoms with Crippen LogP contribution in [-0.2, 0) is 0 Å². The summed E-state index contributed by atoms with van der Waals surface area (Å²) in [6.07, 6.45) is 17.7. The zero-order valence-corrected chi connectivity index (χ0v) is 39.5. The Morgan fingerprint density at radius 2 is 0.633 bits per heavy atom. The first-order chi connectivity index (χ1) is 20.8. The Balaban J connectivity index is -0.0000000305. The predicted molar refractivity (Wildman–Crippen MR) is 202 cm³/mol. The molecule has 0 aromatic heterocycles. The average molecular weight is 778 g/mol. The first-order valence-corrected chi connectivity index (χ1v) is 16.3. The smallest absolute Gasteiger partial charge is 1.00 e. The van der Waals surface area contributed by atoms with Crippen molar-refractivity contribution in [3.63, 3.8) is 0 Å². The number of hydrogen-bond acceptors (Lipinski definition) is 8. The standard InChI is InChI=1S/2C12H27N.C2H3BN.2C2N2.CBN.CH3Cl.2CH4.ClH.2K.H2O/c2*1-4-7-10-13(11-8-5-2)12-9-6-3;1-3-2-4;2*3-1-2-4;2-1-3;1-2;;;;;;/h2*4-12H2,1-3H3;1H3;;;;1H3;2*1H4;1H;;;1H2/q;;;;;-1;;;;;2*+1;/p-1. The van der Waals surface area contributed by atoms with Crippen molar-refractivity contribution < 1.29 is 121 Å². The molecule has 274 valence electrons. The summed E-state index contributed by atoms with van der Waals surface area (Å²) >= 11 is 4.64. The summed E-state index contributed by atoms with van der Waals surface area (Å²) in [6.45, 7) is 23.2. The Kier molecular flexibility index (Phi) is 197. The van der Waals surface area contributed by atoms with Gasteiger partial charge in [0.1, 0.15) is 0 Å². The number of nitriles is 6. The molecule has 0 aliphatic heterocycles. The second-order valence-corrected chi connectivity index (χ2v) is 8.80. The summed E-state index contributed by atoms with van der Waals surface area (Å²) in [5.74, 6) is 3.06. The van der Waals surface area contributed by atoms with E-state index in [0.29, 0.717) is 0 Å². The van der Waals surface area contributed by atoms with Gasteiger partial charge in [-0.2, -0.15) is 21.0 Å². The summed E-state index contributed by atoms with van der Waals surface area (Å²) in [5, 5.41) is 43.7. The molecule has 0 rings (SSSR count). The molecule has 0 fully saturated rings. The van der Waals surface area contributed by atoms with Gasteiger partial charge < -0.3 is 35.5 Å². The van der Waals surface area contributed by atoms with Crippen molar-refractivity contribution in [2.24, 2.45) is 0 Å². The maximum absolute atomic E-state index is 7.57. The molecule has 4 radical (unpaired) electrons. The second kappa shape index (κ2) is 110. The van der Waals surface area contributed by atoms with E-state index in [1.165, 1.54) is 160 Å². The molecule has 0 spiro atoms. The van der Waals surface area contributed by atoms with Crippen LogP contribution in [0.1, 0.15) is 133 Å². The number of alkyl halides is 1. The van der Waals surface area contributed by atoms with Gasteiger partial charge in [-0.05, 0) is 83.8 Å². The van der Waals surface area contributed by atoms with Crippen LogP contribution in [0.5, 0.6) is 0 Å². The van der Waals surface area contributed by atoms with Crippen LogP contribution in [0.3, 0.4) is 0 Å². The number of hydrogen-bond donors (Lipinski definition) is 0. The summed E-state index contributed by atoms with van der Waals surface area (Å²) in [6, 6.07) is 4.94. The topological polar surface area (TPSA) is 181 Å². The van der Waals surface area contributed by atoms with E-state index in [1.807, 2.05) is 0 Å². The molecule has 0 atom stereocenters. The Morgan fingerprint density at radius 1 is 0.510 bits per heavy atom. The third-order valence-electron chi connectivity index (χ3n) is 5.20. The molecule has 0 aliphatic carbocycles. The van der Waals surface area contributed by atoms with Crippen LogP contribution >= 0.6 is 11.6 Å². The molecule has 15 heteroatoms. The third-order valence-corrected chi connectivity index (χ3v) is 5.20. The molecule has 0 amide bonds. The minimum absolute atomic E-state index is 0. The molecule has 0 aromatic carbocycles. The van der Waals surface area contributed by atoms with E-state index in [1.54, 1.807) is 12.8 Å². The van der Waals surface area contributed by atoms with Crippen molar-refractivity contribution in [3.8, 4) is 36.2 Å². The number of rotatable bonds is 18. The van der Waals surface area contributed by atoms with Crippen molar-refractivity contribution in [1.82, 2.24) is 9.80 Å². The summed E-state index contributed by atoms with van der Waals surface area (Å²) in [5.41, 5.74) is 0. The van der Waals surface area contributed by atoms with Crippen LogP contribution in [0.4, 0.5) is 0 Å². The number of unbranched alkanes of at least 4 members (excludes halogenated alkanes) is 6. The van der Waals surface area contributed by atoms with Crippen LogP contribution < -0.4 is 115 Å². The number of halogens is 2. The minimum atomic E-state index is 0. The van der Waals surface area contributed by atoms with Gasteiger partial charge >= 0.3 is 103 Å². The van der Waals surface area contributed by atoms with Gasteiger partial charge in [0.2, 0.25) is 0 Å². The largest absolute Gasteiger partial charge is 1.00 e. The molecular weight excluding hydrogens is 707 g/mol. The van der Waals surface area contributed by atoms with Crippen molar-refractivity contribution in [2.75, 3.05) is 45.7 Å². The quantitative estimate of drug-likeness (QED) is 0.133. The molecule has 9 nitrogen and oxygen atoms in total. The monoisotopic (exact) mass is 776 g/mol. The maximum atomic E-state index is 7.57. The van der Waals surface area contributed by atoms with Crippen molar-refractivity contribution in [2.45, 2.75) is 140 Å². The van der Waals surface area contributed by atoms with E-state index in [9.17, 15) is 0 Å². The van der Waals surface area contributed by atoms with Gasteiger partial charge in [-0.1, -0.05) is 102 Å². The molecule has 0 heterocycles. The van der Waals surface area contributed by atoms with Crippen molar-refractivity contribution in [3.05, 3.63) is 0 Å². The van der Waals surface area contributed by atoms with Crippen LogP contribution in [0.2, 0.25) is 6.82 Å². The van der Waals surface area contributed by atoms with Crippen LogP contribution in [0, 0.1) is 67.8 Å². The molecule has 0 aliphatic rings. The van der Waals surface area contributed by atoms with Gasteiger partial charge in [-0.3, -0.25) is 11.2 Å². The van der Waals surface area contributed by atoms with Gasteiger partial charge in [0.15, 0.2) is 24.3 Å². The van der Waals surface area contributed by atoms with E-state index in [-0.39, 0.29) is 136 Å². The van der Waals surface area contributed by atoms with E-state index < -0.39 is 0 Å². The second-order valence-electron chi connectivity index (χ2n) is 8.80. The van der Waals surface area contributed by atoms with E-state index in [2.05, 4.69) is 70.8 Å². The first-order valence-electron chi connectivity index (χ1n) is 15.5. The molecule has 49 heavy (non-hydrogen) atoms. The zero-order valence-electron chi connectivity index (χ0n) is 31.7. The van der Waals surface area contributed by atoms with Crippen molar-refractivity contribution in [1.29, 1.82) is 31.6 Å². The van der Waals surface area contributed by atoms with Crippen LogP contribution in [0.25, 0.3) is 0 Å². The van der Waals surface area contributed by atoms with Gasteiger partial charge in [-0.15, -0.1) is 11.6 Å². The van der Waals surface area contributed by atoms with Gasteiger partial charge in [0.25, 0.3) is 7.28 Å². The predicted octanol–water partition coefficient (Wildman–Crippen LogP) is -0.385. The Hall–Kier alpha value is 0.803. The molecule has 0 bridgehead atoms. The fourth-order valence-electron chi connectivity index (χ4n) is 2.96. The van der Waals surface area contributed by atoms with Gasteiger partial charge in [0.05, 0.1) is 0 Å². The molecule has 0 unspecified atom stereocenters. The fourth-order valence-corrected chi connectivity index (χ4v) is 2.96. The molecule has 0 saturated heterocycles. The zero-order chi connectivity index (χ0) is 34.8. The van der Waals surface area contributed by atoms with E-state index in [0.717, 1.165) is 0 Å². The molecule has 2 N–H and O–H groups in total. The van der Waals surface area contributed by atoms with Crippen LogP contribution in [-0.4, -0.2) is 76.1 Å². The average Bonchev–Trinajstić information content (AvgIpc) is 3.06. The van der Waals surface area contributed by atoms with Crippen LogP contribution in [0.15, 0.2) is 0 Å². The minimum Gasteiger partial charge on any atom is -1.00 e. The summed E-state index contributed by atoms with van der Waals surface area (Å²) in [7, 11) is 5.58. The Labute approximate surface area is 405 Å². The Morgan fingerprint density at radius 3 is 0.694 bits per heavy atom. The van der Waals surface area contributed by atoms with E-state index in [4.69, 9.17) is 31.6 Å². The third kappa shape index (κ3) is 138. The fraction of sp³-hybridized carbons (Fsp3) is 0.824. The molecule has 0 saturated carbocycles. The first kappa shape index (κ1) is 87.6. The summed E-state index contributed by atoms with van der Waals surface area (Å²) in [4.78, 5) is 5.27. The normalized spacial score (nSPS) is 6.90. The van der Waals surface area contributed by atoms with Crippen molar-refractivity contribution >= 4 is 26.7 Å². The van der Waals surface area contributed by atoms with Gasteiger partial charge in [-0.25, -0.2) is 5.26 Å². The molecule has 0 aromatic rings. The van der Waals surface area contributed by atoms with E-state index >= 15 is 0 Å². The summed E-state index contributed by atoms with van der Waals surface area (Å²) < 4.78 is 0. The maximum Gasteiger partial charge on any atom is 1.00 e. The Bertz CT molecular complexity index is 629. The SMILES string of the molecule is C.C.CCCCN(CCCC)CCCC.CCCCN(CCCC)CCCC.CCl.C[B]C#N.N#CC#N.N#CC#N.O.[B-]C#N.[Cl-].[K+].[K+]. The number of nitrogens with zero attached hydrogens (tertiary/aromatic N) is 8. The van der Waals surface area contributed by atoms with Gasteiger partial charge in [0, 0.05) is 6.38 Å².